The van der Waals surface area contributed by atoms with Crippen LogP contribution in [0.5, 0.6) is 0 Å². The molecule has 0 aliphatic heterocycles. The molecule has 0 radical (unpaired) electrons. The van der Waals surface area contributed by atoms with E-state index in [9.17, 15) is 5.11 Å². The lowest BCUT2D eigenvalue weighted by Gasteiger charge is -2.16. The van der Waals surface area contributed by atoms with Gasteiger partial charge in [-0.15, -0.1) is 0 Å². The van der Waals surface area contributed by atoms with Crippen LogP contribution in [0.15, 0.2) is 18.2 Å². The summed E-state index contributed by atoms with van der Waals surface area (Å²) in [5.41, 5.74) is 6.56. The Morgan fingerprint density at radius 2 is 2.15 bits per heavy atom. The molecule has 3 N–H and O–H groups in total. The second kappa shape index (κ2) is 4.59. The molecule has 2 atom stereocenters. The van der Waals surface area contributed by atoms with E-state index in [1.54, 1.807) is 13.0 Å². The van der Waals surface area contributed by atoms with Crippen molar-refractivity contribution in [2.24, 2.45) is 5.73 Å². The summed E-state index contributed by atoms with van der Waals surface area (Å²) >= 11 is 8.12. The fourth-order valence-electron chi connectivity index (χ4n) is 1.03. The van der Waals surface area contributed by atoms with E-state index >= 15 is 0 Å². The topological polar surface area (TPSA) is 46.2 Å². The van der Waals surface area contributed by atoms with Crippen molar-refractivity contribution in [1.82, 2.24) is 0 Å². The molecule has 0 aliphatic rings. The van der Waals surface area contributed by atoms with E-state index in [-0.39, 0.29) is 0 Å². The molecule has 4 heteroatoms. The number of rotatable bonds is 2. The Morgan fingerprint density at radius 1 is 1.54 bits per heavy atom. The summed E-state index contributed by atoms with van der Waals surface area (Å²) in [4.78, 5) is 0. The average molecular weight is 312 g/mol. The molecule has 0 aromatic heterocycles. The Bertz CT molecular complexity index is 304. The van der Waals surface area contributed by atoms with E-state index in [0.29, 0.717) is 5.02 Å². The highest BCUT2D eigenvalue weighted by atomic mass is 127. The van der Waals surface area contributed by atoms with Crippen LogP contribution in [0.3, 0.4) is 0 Å². The van der Waals surface area contributed by atoms with Crippen LogP contribution in [-0.2, 0) is 0 Å². The third-order valence-electron chi connectivity index (χ3n) is 1.84. The van der Waals surface area contributed by atoms with Gasteiger partial charge in [0, 0.05) is 8.59 Å². The average Bonchev–Trinajstić information content (AvgIpc) is 2.08. The van der Waals surface area contributed by atoms with Crippen LogP contribution in [0, 0.1) is 3.57 Å². The van der Waals surface area contributed by atoms with Crippen molar-refractivity contribution in [2.75, 3.05) is 0 Å². The Labute approximate surface area is 96.2 Å². The summed E-state index contributed by atoms with van der Waals surface area (Å²) in [7, 11) is 0. The molecule has 1 rings (SSSR count). The number of halogens is 2. The standard InChI is InChI=1S/C9H11ClINO/c1-5(13)9(12)7-4-6(11)2-3-8(7)10/h2-5,9,13H,12H2,1H3/t5-,9+/m1/s1. The molecule has 0 saturated carbocycles. The molecule has 0 bridgehead atoms. The van der Waals surface area contributed by atoms with Crippen LogP contribution in [-0.4, -0.2) is 11.2 Å². The molecule has 1 aromatic carbocycles. The molecule has 0 heterocycles. The first-order valence-electron chi connectivity index (χ1n) is 3.91. The molecule has 2 nitrogen and oxygen atoms in total. The molecule has 13 heavy (non-hydrogen) atoms. The Balaban J connectivity index is 3.05. The molecule has 0 saturated heterocycles. The first-order valence-corrected chi connectivity index (χ1v) is 5.36. The van der Waals surface area contributed by atoms with Gasteiger partial charge in [-0.05, 0) is 53.3 Å². The van der Waals surface area contributed by atoms with E-state index in [4.69, 9.17) is 17.3 Å². The SMILES string of the molecule is C[C@@H](O)[C@H](N)c1cc(I)ccc1Cl. The summed E-state index contributed by atoms with van der Waals surface area (Å²) in [5, 5.41) is 9.91. The summed E-state index contributed by atoms with van der Waals surface area (Å²) in [6.07, 6.45) is -0.587. The Kier molecular flexibility index (Phi) is 3.97. The molecular weight excluding hydrogens is 300 g/mol. The van der Waals surface area contributed by atoms with Crippen molar-refractivity contribution in [3.05, 3.63) is 32.4 Å². The van der Waals surface area contributed by atoms with E-state index in [1.807, 2.05) is 12.1 Å². The van der Waals surface area contributed by atoms with E-state index in [0.717, 1.165) is 9.13 Å². The second-order valence-electron chi connectivity index (χ2n) is 2.93. The molecule has 0 fully saturated rings. The van der Waals surface area contributed by atoms with E-state index in [2.05, 4.69) is 22.6 Å². The number of nitrogens with two attached hydrogens (primary N) is 1. The minimum Gasteiger partial charge on any atom is -0.391 e. The minimum absolute atomic E-state index is 0.415. The van der Waals surface area contributed by atoms with Crippen molar-refractivity contribution < 1.29 is 5.11 Å². The maximum absolute atomic E-state index is 9.30. The highest BCUT2D eigenvalue weighted by Gasteiger charge is 2.15. The molecule has 0 amide bonds. The van der Waals surface area contributed by atoms with Gasteiger partial charge in [-0.1, -0.05) is 11.6 Å². The zero-order valence-corrected chi connectivity index (χ0v) is 10.1. The van der Waals surface area contributed by atoms with Gasteiger partial charge in [0.05, 0.1) is 12.1 Å². The van der Waals surface area contributed by atoms with Gasteiger partial charge >= 0.3 is 0 Å². The van der Waals surface area contributed by atoms with Gasteiger partial charge in [-0.2, -0.15) is 0 Å². The summed E-state index contributed by atoms with van der Waals surface area (Å²) in [6.45, 7) is 1.65. The number of aliphatic hydroxyl groups is 1. The van der Waals surface area contributed by atoms with Crippen LogP contribution in [0.1, 0.15) is 18.5 Å². The minimum atomic E-state index is -0.587. The predicted molar refractivity (Wildman–Crippen MR) is 62.8 cm³/mol. The number of benzene rings is 1. The lowest BCUT2D eigenvalue weighted by atomic mass is 10.0. The predicted octanol–water partition coefficient (Wildman–Crippen LogP) is 2.33. The fourth-order valence-corrected chi connectivity index (χ4v) is 1.79. The van der Waals surface area contributed by atoms with Crippen molar-refractivity contribution in [2.45, 2.75) is 19.1 Å². The van der Waals surface area contributed by atoms with Gasteiger partial charge in [0.25, 0.3) is 0 Å². The first kappa shape index (κ1) is 11.2. The molecule has 0 aliphatic carbocycles. The van der Waals surface area contributed by atoms with Gasteiger partial charge in [-0.25, -0.2) is 0 Å². The fraction of sp³-hybridized carbons (Fsp3) is 0.333. The highest BCUT2D eigenvalue weighted by Crippen LogP contribution is 2.25. The van der Waals surface area contributed by atoms with Gasteiger partial charge in [0.2, 0.25) is 0 Å². The number of hydrogen-bond acceptors (Lipinski definition) is 2. The van der Waals surface area contributed by atoms with Crippen molar-refractivity contribution in [3.8, 4) is 0 Å². The first-order chi connectivity index (χ1) is 6.02. The summed E-state index contributed by atoms with van der Waals surface area (Å²) in [6, 6.07) is 5.17. The number of aliphatic hydroxyl groups excluding tert-OH is 1. The van der Waals surface area contributed by atoms with Crippen LogP contribution in [0.25, 0.3) is 0 Å². The molecule has 72 valence electrons. The lowest BCUT2D eigenvalue weighted by molar-refractivity contribution is 0.164. The van der Waals surface area contributed by atoms with Gasteiger partial charge in [-0.3, -0.25) is 0 Å². The van der Waals surface area contributed by atoms with Crippen molar-refractivity contribution in [1.29, 1.82) is 0 Å². The number of hydrogen-bond donors (Lipinski definition) is 2. The monoisotopic (exact) mass is 311 g/mol. The van der Waals surface area contributed by atoms with Gasteiger partial charge < -0.3 is 10.8 Å². The van der Waals surface area contributed by atoms with E-state index < -0.39 is 12.1 Å². The van der Waals surface area contributed by atoms with Gasteiger partial charge in [0.15, 0.2) is 0 Å². The van der Waals surface area contributed by atoms with Crippen LogP contribution < -0.4 is 5.73 Å². The van der Waals surface area contributed by atoms with E-state index in [1.165, 1.54) is 0 Å². The zero-order chi connectivity index (χ0) is 10.0. The Morgan fingerprint density at radius 3 is 2.69 bits per heavy atom. The Hall–Kier alpha value is 0.160. The molecule has 0 spiro atoms. The smallest absolute Gasteiger partial charge is 0.0705 e. The third-order valence-corrected chi connectivity index (χ3v) is 2.85. The summed E-state index contributed by atoms with van der Waals surface area (Å²) < 4.78 is 1.06. The molecular formula is C9H11ClINO. The molecule has 0 unspecified atom stereocenters. The second-order valence-corrected chi connectivity index (χ2v) is 4.59. The highest BCUT2D eigenvalue weighted by molar-refractivity contribution is 14.1. The maximum atomic E-state index is 9.30. The van der Waals surface area contributed by atoms with Crippen LogP contribution >= 0.6 is 34.2 Å². The zero-order valence-electron chi connectivity index (χ0n) is 7.17. The van der Waals surface area contributed by atoms with Crippen LogP contribution in [0.4, 0.5) is 0 Å². The quantitative estimate of drug-likeness (QED) is 0.824. The third kappa shape index (κ3) is 2.80. The van der Waals surface area contributed by atoms with Gasteiger partial charge in [0.1, 0.15) is 0 Å². The normalized spacial score (nSPS) is 15.5. The maximum Gasteiger partial charge on any atom is 0.0705 e. The van der Waals surface area contributed by atoms with Crippen molar-refractivity contribution in [3.63, 3.8) is 0 Å². The van der Waals surface area contributed by atoms with Crippen LogP contribution in [0.2, 0.25) is 5.02 Å². The molecule has 1 aromatic rings. The lowest BCUT2D eigenvalue weighted by Crippen LogP contribution is -2.23. The summed E-state index contributed by atoms with van der Waals surface area (Å²) in [5.74, 6) is 0. The van der Waals surface area contributed by atoms with Crippen molar-refractivity contribution >= 4 is 34.2 Å². The largest absolute Gasteiger partial charge is 0.391 e.